The molecule has 1 N–H and O–H groups in total. The second kappa shape index (κ2) is 6.76. The highest BCUT2D eigenvalue weighted by Crippen LogP contribution is 2.37. The fourth-order valence-electron chi connectivity index (χ4n) is 3.63. The largest absolute Gasteiger partial charge is 0.496 e. The van der Waals surface area contributed by atoms with E-state index in [1.807, 2.05) is 53.4 Å². The minimum atomic E-state index is -0.275. The number of nitrogens with one attached hydrogen (secondary N) is 1. The second-order valence-electron chi connectivity index (χ2n) is 6.43. The Morgan fingerprint density at radius 1 is 1.20 bits per heavy atom. The lowest BCUT2D eigenvalue weighted by molar-refractivity contribution is 0.0424. The van der Waals surface area contributed by atoms with Crippen molar-refractivity contribution < 1.29 is 14.3 Å². The Balaban J connectivity index is 1.74. The lowest BCUT2D eigenvalue weighted by atomic mass is 10.0. The van der Waals surface area contributed by atoms with Crippen LogP contribution in [0, 0.1) is 0 Å². The SMILES string of the molecule is COc1ccccc1[C@H]1Nc2ccccc2C(=O)N1C[C@@H]1CCCO1. The zero-order valence-electron chi connectivity index (χ0n) is 14.3. The molecular formula is C20H22N2O3. The Morgan fingerprint density at radius 2 is 2.00 bits per heavy atom. The van der Waals surface area contributed by atoms with Crippen LogP contribution in [-0.4, -0.2) is 37.2 Å². The van der Waals surface area contributed by atoms with Crippen molar-refractivity contribution in [1.29, 1.82) is 0 Å². The van der Waals surface area contributed by atoms with E-state index < -0.39 is 0 Å². The number of nitrogens with zero attached hydrogens (tertiary/aromatic N) is 1. The van der Waals surface area contributed by atoms with Gasteiger partial charge in [-0.25, -0.2) is 0 Å². The number of amides is 1. The number of hydrogen-bond acceptors (Lipinski definition) is 4. The first kappa shape index (κ1) is 16.0. The van der Waals surface area contributed by atoms with Crippen LogP contribution in [0.3, 0.4) is 0 Å². The Morgan fingerprint density at radius 3 is 2.80 bits per heavy atom. The fraction of sp³-hybridized carbons (Fsp3) is 0.350. The molecule has 5 nitrogen and oxygen atoms in total. The van der Waals surface area contributed by atoms with Crippen molar-refractivity contribution in [1.82, 2.24) is 4.90 Å². The summed E-state index contributed by atoms with van der Waals surface area (Å²) < 4.78 is 11.3. The van der Waals surface area contributed by atoms with E-state index in [0.717, 1.165) is 36.4 Å². The molecule has 0 aromatic heterocycles. The average molecular weight is 338 g/mol. The predicted molar refractivity (Wildman–Crippen MR) is 95.8 cm³/mol. The van der Waals surface area contributed by atoms with Crippen LogP contribution >= 0.6 is 0 Å². The van der Waals surface area contributed by atoms with Crippen molar-refractivity contribution in [3.8, 4) is 5.75 Å². The minimum absolute atomic E-state index is 0.0285. The summed E-state index contributed by atoms with van der Waals surface area (Å²) in [5.74, 6) is 0.797. The molecule has 4 rings (SSSR count). The third-order valence-corrected chi connectivity index (χ3v) is 4.88. The summed E-state index contributed by atoms with van der Waals surface area (Å²) in [6.45, 7) is 1.35. The Kier molecular flexibility index (Phi) is 4.32. The van der Waals surface area contributed by atoms with Gasteiger partial charge in [0.15, 0.2) is 0 Å². The Bertz CT molecular complexity index is 771. The van der Waals surface area contributed by atoms with E-state index >= 15 is 0 Å². The maximum atomic E-state index is 13.2. The summed E-state index contributed by atoms with van der Waals surface area (Å²) in [6, 6.07) is 15.5. The maximum Gasteiger partial charge on any atom is 0.257 e. The summed E-state index contributed by atoms with van der Waals surface area (Å²) in [4.78, 5) is 15.0. The third kappa shape index (κ3) is 2.96. The van der Waals surface area contributed by atoms with Crippen molar-refractivity contribution in [3.05, 3.63) is 59.7 Å². The molecule has 2 atom stereocenters. The number of para-hydroxylation sites is 2. The molecule has 2 aliphatic heterocycles. The van der Waals surface area contributed by atoms with Gasteiger partial charge in [0.2, 0.25) is 0 Å². The maximum absolute atomic E-state index is 13.2. The molecule has 2 heterocycles. The van der Waals surface area contributed by atoms with Gasteiger partial charge in [0.05, 0.1) is 18.8 Å². The molecule has 1 saturated heterocycles. The molecule has 0 bridgehead atoms. The van der Waals surface area contributed by atoms with Gasteiger partial charge in [-0.1, -0.05) is 30.3 Å². The quantitative estimate of drug-likeness (QED) is 0.928. The first-order valence-electron chi connectivity index (χ1n) is 8.69. The first-order valence-corrected chi connectivity index (χ1v) is 8.69. The zero-order chi connectivity index (χ0) is 17.2. The molecule has 0 saturated carbocycles. The van der Waals surface area contributed by atoms with Crippen molar-refractivity contribution in [3.63, 3.8) is 0 Å². The van der Waals surface area contributed by atoms with Crippen LogP contribution in [0.5, 0.6) is 5.75 Å². The summed E-state index contributed by atoms with van der Waals surface area (Å²) in [6.07, 6.45) is 1.86. The van der Waals surface area contributed by atoms with Crippen LogP contribution < -0.4 is 10.1 Å². The molecular weight excluding hydrogens is 316 g/mol. The highest BCUT2D eigenvalue weighted by atomic mass is 16.5. The van der Waals surface area contributed by atoms with Crippen LogP contribution in [0.2, 0.25) is 0 Å². The monoisotopic (exact) mass is 338 g/mol. The Hall–Kier alpha value is -2.53. The Labute approximate surface area is 147 Å². The minimum Gasteiger partial charge on any atom is -0.496 e. The molecule has 5 heteroatoms. The van der Waals surface area contributed by atoms with E-state index in [2.05, 4.69) is 5.32 Å². The highest BCUT2D eigenvalue weighted by molar-refractivity contribution is 6.01. The van der Waals surface area contributed by atoms with Gasteiger partial charge in [-0.3, -0.25) is 4.79 Å². The number of carbonyl (C=O) groups excluding carboxylic acids is 1. The molecule has 1 amide bonds. The number of fused-ring (bicyclic) bond motifs is 1. The van der Waals surface area contributed by atoms with Gasteiger partial charge in [-0.05, 0) is 31.0 Å². The molecule has 25 heavy (non-hydrogen) atoms. The number of anilines is 1. The van der Waals surface area contributed by atoms with Crippen molar-refractivity contribution >= 4 is 11.6 Å². The third-order valence-electron chi connectivity index (χ3n) is 4.88. The van der Waals surface area contributed by atoms with Gasteiger partial charge < -0.3 is 19.7 Å². The van der Waals surface area contributed by atoms with Crippen molar-refractivity contribution in [2.24, 2.45) is 0 Å². The van der Waals surface area contributed by atoms with Crippen LogP contribution in [0.25, 0.3) is 0 Å². The number of benzene rings is 2. The summed E-state index contributed by atoms with van der Waals surface area (Å²) in [5, 5.41) is 3.51. The molecule has 0 spiro atoms. The highest BCUT2D eigenvalue weighted by Gasteiger charge is 2.36. The van der Waals surface area contributed by atoms with E-state index in [-0.39, 0.29) is 18.2 Å². The molecule has 1 fully saturated rings. The van der Waals surface area contributed by atoms with Gasteiger partial charge in [0, 0.05) is 24.4 Å². The summed E-state index contributed by atoms with van der Waals surface area (Å²) >= 11 is 0. The van der Waals surface area contributed by atoms with Crippen molar-refractivity contribution in [2.45, 2.75) is 25.1 Å². The second-order valence-corrected chi connectivity index (χ2v) is 6.43. The molecule has 2 aromatic rings. The number of methoxy groups -OCH3 is 1. The normalized spacial score (nSPS) is 22.4. The molecule has 130 valence electrons. The van der Waals surface area contributed by atoms with Gasteiger partial charge in [-0.15, -0.1) is 0 Å². The molecule has 2 aromatic carbocycles. The number of carbonyl (C=O) groups is 1. The topological polar surface area (TPSA) is 50.8 Å². The van der Waals surface area contributed by atoms with E-state index in [4.69, 9.17) is 9.47 Å². The molecule has 0 aliphatic carbocycles. The first-order chi connectivity index (χ1) is 12.3. The van der Waals surface area contributed by atoms with E-state index in [1.54, 1.807) is 7.11 Å². The average Bonchev–Trinajstić information content (AvgIpc) is 3.17. The molecule has 0 radical (unpaired) electrons. The van der Waals surface area contributed by atoms with Gasteiger partial charge in [-0.2, -0.15) is 0 Å². The van der Waals surface area contributed by atoms with Crippen LogP contribution in [-0.2, 0) is 4.74 Å². The zero-order valence-corrected chi connectivity index (χ0v) is 14.3. The van der Waals surface area contributed by atoms with Crippen LogP contribution in [0.1, 0.15) is 34.9 Å². The summed E-state index contributed by atoms with van der Waals surface area (Å²) in [5.41, 5.74) is 2.50. The summed E-state index contributed by atoms with van der Waals surface area (Å²) in [7, 11) is 1.65. The van der Waals surface area contributed by atoms with Crippen LogP contribution in [0.4, 0.5) is 5.69 Å². The number of ether oxygens (including phenoxy) is 2. The number of hydrogen-bond donors (Lipinski definition) is 1. The van der Waals surface area contributed by atoms with Gasteiger partial charge in [0.1, 0.15) is 11.9 Å². The van der Waals surface area contributed by atoms with E-state index in [1.165, 1.54) is 0 Å². The van der Waals surface area contributed by atoms with Gasteiger partial charge >= 0.3 is 0 Å². The lowest BCUT2D eigenvalue weighted by Crippen LogP contribution is -2.46. The lowest BCUT2D eigenvalue weighted by Gasteiger charge is -2.39. The molecule has 0 unspecified atom stereocenters. The van der Waals surface area contributed by atoms with E-state index in [0.29, 0.717) is 12.1 Å². The molecule has 2 aliphatic rings. The number of rotatable bonds is 4. The smallest absolute Gasteiger partial charge is 0.257 e. The van der Waals surface area contributed by atoms with Crippen LogP contribution in [0.15, 0.2) is 48.5 Å². The standard InChI is InChI=1S/C20H22N2O3/c1-24-18-11-5-3-9-16(18)19-21-17-10-4-2-8-15(17)20(23)22(19)13-14-7-6-12-25-14/h2-5,8-11,14,19,21H,6-7,12-13H2,1H3/t14-,19-/m0/s1. The van der Waals surface area contributed by atoms with Gasteiger partial charge in [0.25, 0.3) is 5.91 Å². The van der Waals surface area contributed by atoms with E-state index in [9.17, 15) is 4.79 Å². The van der Waals surface area contributed by atoms with Crippen molar-refractivity contribution in [2.75, 3.05) is 25.6 Å². The fourth-order valence-corrected chi connectivity index (χ4v) is 3.63. The predicted octanol–water partition coefficient (Wildman–Crippen LogP) is 3.44.